The summed E-state index contributed by atoms with van der Waals surface area (Å²) in [6.45, 7) is 10.2. The number of likely N-dealkylation sites (tertiary alicyclic amines) is 1. The summed E-state index contributed by atoms with van der Waals surface area (Å²) < 4.78 is 5.89. The zero-order valence-corrected chi connectivity index (χ0v) is 13.8. The van der Waals surface area contributed by atoms with Crippen molar-refractivity contribution in [3.05, 3.63) is 24.3 Å². The van der Waals surface area contributed by atoms with Crippen LogP contribution in [0.2, 0.25) is 0 Å². The molecule has 21 heavy (non-hydrogen) atoms. The summed E-state index contributed by atoms with van der Waals surface area (Å²) in [5, 5.41) is 3.67. The fourth-order valence-electron chi connectivity index (χ4n) is 2.83. The number of ether oxygens (including phenoxy) is 1. The maximum Gasteiger partial charge on any atom is 0.121 e. The molecule has 1 aromatic carbocycles. The second-order valence-electron chi connectivity index (χ2n) is 6.12. The Kier molecular flexibility index (Phi) is 6.37. The quantitative estimate of drug-likeness (QED) is 0.816. The number of anilines is 1. The van der Waals surface area contributed by atoms with E-state index in [1.165, 1.54) is 44.6 Å². The van der Waals surface area contributed by atoms with Crippen LogP contribution in [0.5, 0.6) is 5.75 Å². The zero-order chi connectivity index (χ0) is 15.1. The summed E-state index contributed by atoms with van der Waals surface area (Å²) in [4.78, 5) is 2.57. The van der Waals surface area contributed by atoms with E-state index in [1.807, 2.05) is 6.07 Å². The Labute approximate surface area is 129 Å². The molecule has 1 heterocycles. The molecule has 0 spiro atoms. The molecule has 1 aliphatic heterocycles. The molecule has 1 N–H and O–H groups in total. The van der Waals surface area contributed by atoms with Crippen molar-refractivity contribution in [2.45, 2.75) is 58.6 Å². The molecule has 0 saturated carbocycles. The van der Waals surface area contributed by atoms with Gasteiger partial charge in [-0.1, -0.05) is 19.9 Å². The lowest BCUT2D eigenvalue weighted by molar-refractivity contribution is 0.216. The number of nitrogens with zero attached hydrogens (tertiary/aromatic N) is 1. The highest BCUT2D eigenvalue weighted by Gasteiger charge is 2.18. The number of piperidine rings is 1. The van der Waals surface area contributed by atoms with E-state index in [9.17, 15) is 0 Å². The maximum absolute atomic E-state index is 5.89. The molecule has 2 rings (SSSR count). The van der Waals surface area contributed by atoms with Gasteiger partial charge in [0.2, 0.25) is 0 Å². The van der Waals surface area contributed by atoms with Crippen LogP contribution in [0, 0.1) is 0 Å². The number of benzene rings is 1. The molecule has 0 amide bonds. The maximum atomic E-state index is 5.89. The summed E-state index contributed by atoms with van der Waals surface area (Å²) >= 11 is 0. The molecule has 1 aliphatic rings. The molecule has 1 atom stereocenters. The molecule has 1 fully saturated rings. The molecule has 0 radical (unpaired) electrons. The van der Waals surface area contributed by atoms with Crippen molar-refractivity contribution in [1.29, 1.82) is 0 Å². The van der Waals surface area contributed by atoms with E-state index in [4.69, 9.17) is 4.74 Å². The van der Waals surface area contributed by atoms with Crippen molar-refractivity contribution < 1.29 is 4.74 Å². The summed E-state index contributed by atoms with van der Waals surface area (Å²) in [6.07, 6.45) is 5.03. The minimum absolute atomic E-state index is 0.275. The van der Waals surface area contributed by atoms with Gasteiger partial charge in [-0.3, -0.25) is 0 Å². The Hall–Kier alpha value is -1.22. The van der Waals surface area contributed by atoms with Crippen LogP contribution in [-0.2, 0) is 0 Å². The van der Waals surface area contributed by atoms with Gasteiger partial charge in [0.25, 0.3) is 0 Å². The molecule has 0 aromatic heterocycles. The fraction of sp³-hybridized carbons (Fsp3) is 0.667. The Bertz CT molecular complexity index is 413. The van der Waals surface area contributed by atoms with Gasteiger partial charge in [0.05, 0.1) is 6.10 Å². The first-order valence-electron chi connectivity index (χ1n) is 8.46. The van der Waals surface area contributed by atoms with Gasteiger partial charge in [-0.15, -0.1) is 0 Å². The highest BCUT2D eigenvalue weighted by atomic mass is 16.5. The van der Waals surface area contributed by atoms with Crippen molar-refractivity contribution >= 4 is 5.69 Å². The van der Waals surface area contributed by atoms with E-state index >= 15 is 0 Å². The van der Waals surface area contributed by atoms with Crippen molar-refractivity contribution in [3.63, 3.8) is 0 Å². The second kappa shape index (κ2) is 8.28. The van der Waals surface area contributed by atoms with Gasteiger partial charge >= 0.3 is 0 Å². The summed E-state index contributed by atoms with van der Waals surface area (Å²) in [5.74, 6) is 0.970. The third-order valence-corrected chi connectivity index (χ3v) is 4.24. The molecule has 0 aliphatic carbocycles. The monoisotopic (exact) mass is 290 g/mol. The third-order valence-electron chi connectivity index (χ3n) is 4.24. The van der Waals surface area contributed by atoms with Crippen molar-refractivity contribution in [3.8, 4) is 5.75 Å². The number of hydrogen-bond donors (Lipinski definition) is 1. The molecular weight excluding hydrogens is 260 g/mol. The number of hydrogen-bond acceptors (Lipinski definition) is 3. The highest BCUT2D eigenvalue weighted by Crippen LogP contribution is 2.22. The van der Waals surface area contributed by atoms with Crippen LogP contribution in [0.4, 0.5) is 5.69 Å². The molecular formula is C18H30N2O. The van der Waals surface area contributed by atoms with Crippen LogP contribution >= 0.6 is 0 Å². The molecule has 1 aromatic rings. The predicted octanol–water partition coefficient (Wildman–Crippen LogP) is 4.15. The van der Waals surface area contributed by atoms with E-state index < -0.39 is 0 Å². The molecule has 118 valence electrons. The van der Waals surface area contributed by atoms with Gasteiger partial charge in [-0.05, 0) is 51.3 Å². The van der Waals surface area contributed by atoms with Crippen LogP contribution in [-0.4, -0.2) is 36.7 Å². The second-order valence-corrected chi connectivity index (χ2v) is 6.12. The van der Waals surface area contributed by atoms with Gasteiger partial charge in [0.1, 0.15) is 5.75 Å². The fourth-order valence-corrected chi connectivity index (χ4v) is 2.83. The largest absolute Gasteiger partial charge is 0.491 e. The van der Waals surface area contributed by atoms with Crippen LogP contribution < -0.4 is 10.1 Å². The van der Waals surface area contributed by atoms with Crippen LogP contribution in [0.15, 0.2) is 24.3 Å². The number of rotatable bonds is 7. The molecule has 3 nitrogen and oxygen atoms in total. The Morgan fingerprint density at radius 3 is 2.71 bits per heavy atom. The summed E-state index contributed by atoms with van der Waals surface area (Å²) in [7, 11) is 0. The van der Waals surface area contributed by atoms with Crippen LogP contribution in [0.1, 0.15) is 46.5 Å². The van der Waals surface area contributed by atoms with Crippen LogP contribution in [0.25, 0.3) is 0 Å². The average molecular weight is 290 g/mol. The average Bonchev–Trinajstić information content (AvgIpc) is 2.50. The molecule has 0 bridgehead atoms. The summed E-state index contributed by atoms with van der Waals surface area (Å²) in [5.41, 5.74) is 1.18. The van der Waals surface area contributed by atoms with Gasteiger partial charge in [-0.25, -0.2) is 0 Å². The van der Waals surface area contributed by atoms with E-state index in [2.05, 4.69) is 49.2 Å². The van der Waals surface area contributed by atoms with Crippen molar-refractivity contribution in [1.82, 2.24) is 4.90 Å². The lowest BCUT2D eigenvalue weighted by atomic mass is 10.0. The topological polar surface area (TPSA) is 24.5 Å². The van der Waals surface area contributed by atoms with E-state index in [0.29, 0.717) is 6.04 Å². The van der Waals surface area contributed by atoms with Gasteiger partial charge in [0, 0.05) is 30.9 Å². The summed E-state index contributed by atoms with van der Waals surface area (Å²) in [6, 6.07) is 8.98. The first-order chi connectivity index (χ1) is 10.2. The minimum Gasteiger partial charge on any atom is -0.491 e. The first-order valence-corrected chi connectivity index (χ1v) is 8.46. The standard InChI is InChI=1S/C18H30N2O/c1-4-11-20-12-9-16(10-13-20)19-17-7-6-8-18(14-17)21-15(3)5-2/h6-8,14-16,19H,4-5,9-13H2,1-3H3. The Morgan fingerprint density at radius 1 is 1.29 bits per heavy atom. The Balaban J connectivity index is 1.84. The molecule has 1 unspecified atom stereocenters. The SMILES string of the molecule is CCCN1CCC(Nc2cccc(OC(C)CC)c2)CC1. The minimum atomic E-state index is 0.275. The van der Waals surface area contributed by atoms with Gasteiger partial charge in [-0.2, -0.15) is 0 Å². The van der Waals surface area contributed by atoms with Gasteiger partial charge < -0.3 is 15.0 Å². The van der Waals surface area contributed by atoms with Crippen LogP contribution in [0.3, 0.4) is 0 Å². The van der Waals surface area contributed by atoms with E-state index in [-0.39, 0.29) is 6.10 Å². The predicted molar refractivity (Wildman–Crippen MR) is 90.2 cm³/mol. The van der Waals surface area contributed by atoms with Crippen molar-refractivity contribution in [2.75, 3.05) is 25.0 Å². The first kappa shape index (κ1) is 16.2. The van der Waals surface area contributed by atoms with Crippen molar-refractivity contribution in [2.24, 2.45) is 0 Å². The highest BCUT2D eigenvalue weighted by molar-refractivity contribution is 5.49. The van der Waals surface area contributed by atoms with Gasteiger partial charge in [0.15, 0.2) is 0 Å². The smallest absolute Gasteiger partial charge is 0.121 e. The lowest BCUT2D eigenvalue weighted by Gasteiger charge is -2.32. The molecule has 1 saturated heterocycles. The van der Waals surface area contributed by atoms with E-state index in [1.54, 1.807) is 0 Å². The zero-order valence-electron chi connectivity index (χ0n) is 13.8. The van der Waals surface area contributed by atoms with E-state index in [0.717, 1.165) is 12.2 Å². The normalized spacial score (nSPS) is 18.4. The Morgan fingerprint density at radius 2 is 2.05 bits per heavy atom. The molecule has 3 heteroatoms. The number of nitrogens with one attached hydrogen (secondary N) is 1. The lowest BCUT2D eigenvalue weighted by Crippen LogP contribution is -2.39. The third kappa shape index (κ3) is 5.24.